The minimum atomic E-state index is -0.430. The number of aromatic nitrogens is 3. The molecule has 0 spiro atoms. The lowest BCUT2D eigenvalue weighted by Gasteiger charge is -2.08. The van der Waals surface area contributed by atoms with Crippen LogP contribution in [0.25, 0.3) is 34.3 Å². The first-order chi connectivity index (χ1) is 17.0. The summed E-state index contributed by atoms with van der Waals surface area (Å²) in [6, 6.07) is 24.6. The van der Waals surface area contributed by atoms with Crippen molar-refractivity contribution in [3.63, 3.8) is 0 Å². The van der Waals surface area contributed by atoms with Crippen molar-refractivity contribution in [2.45, 2.75) is 0 Å². The first-order valence-electron chi connectivity index (χ1n) is 10.9. The van der Waals surface area contributed by atoms with Crippen LogP contribution in [0.1, 0.15) is 26.4 Å². The van der Waals surface area contributed by atoms with Crippen LogP contribution >= 0.6 is 23.2 Å². The predicted octanol–water partition coefficient (Wildman–Crippen LogP) is 6.80. The second-order valence-electron chi connectivity index (χ2n) is 8.30. The molecule has 2 heterocycles. The summed E-state index contributed by atoms with van der Waals surface area (Å²) < 4.78 is 3.95. The van der Waals surface area contributed by atoms with Crippen molar-refractivity contribution in [3.8, 4) is 17.1 Å². The summed E-state index contributed by atoms with van der Waals surface area (Å²) >= 11 is 12.5. The lowest BCUT2D eigenvalue weighted by molar-refractivity contribution is 0.0990. The van der Waals surface area contributed by atoms with Gasteiger partial charge in [0.25, 0.3) is 0 Å². The second-order valence-corrected chi connectivity index (χ2v) is 9.12. The molecule has 0 bridgehead atoms. The molecule has 0 radical (unpaired) electrons. The predicted molar refractivity (Wildman–Crippen MR) is 139 cm³/mol. The summed E-state index contributed by atoms with van der Waals surface area (Å²) in [7, 11) is 1.95. The van der Waals surface area contributed by atoms with Crippen molar-refractivity contribution >= 4 is 52.0 Å². The smallest absolute Gasteiger partial charge is 0.199 e. The number of para-hydroxylation sites is 1. The quantitative estimate of drug-likeness (QED) is 0.203. The molecule has 7 heteroatoms. The Hall–Kier alpha value is -3.93. The van der Waals surface area contributed by atoms with E-state index in [2.05, 4.69) is 0 Å². The number of rotatable bonds is 3. The van der Waals surface area contributed by atoms with Crippen molar-refractivity contribution in [2.75, 3.05) is 0 Å². The van der Waals surface area contributed by atoms with Crippen molar-refractivity contribution in [3.05, 3.63) is 111 Å². The molecule has 0 amide bonds. The van der Waals surface area contributed by atoms with Gasteiger partial charge in [0.1, 0.15) is 5.82 Å². The molecule has 3 aromatic carbocycles. The van der Waals surface area contributed by atoms with E-state index in [1.54, 1.807) is 6.08 Å². The number of carbonyl (C=O) groups excluding carboxylic acids is 2. The van der Waals surface area contributed by atoms with Crippen LogP contribution in [-0.2, 0) is 7.05 Å². The maximum absolute atomic E-state index is 13.2. The summed E-state index contributed by atoms with van der Waals surface area (Å²) in [5, 5.41) is 0.424. The van der Waals surface area contributed by atoms with Crippen LogP contribution in [0.4, 0.5) is 0 Å². The standard InChI is InChI=1S/C28H17Cl2N3O2/c1-32-22-15-18(14-19-25(34)23-20(29)12-13-21(30)24(23)26(19)35)33(17-10-6-3-7-11-17)28(22)31-27(32)16-8-4-2-5-9-16/h2-15H,1H3. The van der Waals surface area contributed by atoms with Gasteiger partial charge in [0, 0.05) is 18.3 Å². The number of hydrogen-bond donors (Lipinski definition) is 0. The maximum Gasteiger partial charge on any atom is 0.199 e. The van der Waals surface area contributed by atoms with Gasteiger partial charge in [-0.05, 0) is 36.4 Å². The van der Waals surface area contributed by atoms with Gasteiger partial charge >= 0.3 is 0 Å². The number of hydrogen-bond acceptors (Lipinski definition) is 3. The fraction of sp³-hybridized carbons (Fsp3) is 0.0357. The van der Waals surface area contributed by atoms with Crippen LogP contribution < -0.4 is 0 Å². The van der Waals surface area contributed by atoms with Crippen molar-refractivity contribution < 1.29 is 9.59 Å². The van der Waals surface area contributed by atoms with Gasteiger partial charge in [0.05, 0.1) is 38.0 Å². The monoisotopic (exact) mass is 497 g/mol. The Balaban J connectivity index is 1.59. The molecule has 6 rings (SSSR count). The number of fused-ring (bicyclic) bond motifs is 2. The molecular formula is C28H17Cl2N3O2. The van der Waals surface area contributed by atoms with E-state index in [1.807, 2.05) is 82.9 Å². The molecule has 5 nitrogen and oxygen atoms in total. The zero-order chi connectivity index (χ0) is 24.3. The van der Waals surface area contributed by atoms with Gasteiger partial charge in [-0.1, -0.05) is 71.7 Å². The number of allylic oxidation sites excluding steroid dienone is 1. The first kappa shape index (κ1) is 21.6. The minimum Gasteiger partial charge on any atom is -0.326 e. The molecule has 1 aliphatic carbocycles. The molecule has 170 valence electrons. The van der Waals surface area contributed by atoms with Crippen LogP contribution in [0.5, 0.6) is 0 Å². The van der Waals surface area contributed by atoms with E-state index in [0.29, 0.717) is 5.69 Å². The van der Waals surface area contributed by atoms with E-state index >= 15 is 0 Å². The molecule has 0 unspecified atom stereocenters. The molecular weight excluding hydrogens is 481 g/mol. The summed E-state index contributed by atoms with van der Waals surface area (Å²) in [6.07, 6.45) is 1.61. The van der Waals surface area contributed by atoms with Gasteiger partial charge in [-0.15, -0.1) is 0 Å². The number of nitrogens with zero attached hydrogens (tertiary/aromatic N) is 3. The third kappa shape index (κ3) is 3.27. The highest BCUT2D eigenvalue weighted by molar-refractivity contribution is 6.49. The molecule has 0 saturated carbocycles. The van der Waals surface area contributed by atoms with E-state index in [0.717, 1.165) is 28.2 Å². The Morgan fingerprint density at radius 2 is 1.37 bits per heavy atom. The van der Waals surface area contributed by atoms with Crippen LogP contribution in [0.15, 0.2) is 84.4 Å². The molecule has 0 saturated heterocycles. The lowest BCUT2D eigenvalue weighted by Crippen LogP contribution is -2.03. The average molecular weight is 498 g/mol. The van der Waals surface area contributed by atoms with Crippen LogP contribution in [-0.4, -0.2) is 25.7 Å². The van der Waals surface area contributed by atoms with E-state index in [4.69, 9.17) is 28.2 Å². The van der Waals surface area contributed by atoms with Crippen LogP contribution in [0.3, 0.4) is 0 Å². The van der Waals surface area contributed by atoms with Gasteiger partial charge < -0.3 is 4.57 Å². The molecule has 0 atom stereocenters. The Bertz CT molecular complexity index is 1650. The highest BCUT2D eigenvalue weighted by Crippen LogP contribution is 2.38. The fourth-order valence-electron chi connectivity index (χ4n) is 4.60. The van der Waals surface area contributed by atoms with E-state index in [9.17, 15) is 9.59 Å². The fourth-order valence-corrected chi connectivity index (χ4v) is 5.08. The minimum absolute atomic E-state index is 0.0262. The second kappa shape index (κ2) is 8.08. The van der Waals surface area contributed by atoms with E-state index in [1.165, 1.54) is 12.1 Å². The van der Waals surface area contributed by atoms with Gasteiger partial charge in [-0.3, -0.25) is 14.2 Å². The topological polar surface area (TPSA) is 56.9 Å². The number of ketones is 2. The first-order valence-corrected chi connectivity index (χ1v) is 11.7. The summed E-state index contributed by atoms with van der Waals surface area (Å²) in [4.78, 5) is 31.4. The molecule has 0 fully saturated rings. The number of carbonyl (C=O) groups is 2. The zero-order valence-electron chi connectivity index (χ0n) is 18.5. The SMILES string of the molecule is Cn1c(-c2ccccc2)nc2c1cc(C=C1C(=O)c3c(Cl)ccc(Cl)c3C1=O)n2-c1ccccc1. The highest BCUT2D eigenvalue weighted by atomic mass is 35.5. The lowest BCUT2D eigenvalue weighted by atomic mass is 10.1. The molecule has 2 aromatic heterocycles. The summed E-state index contributed by atoms with van der Waals surface area (Å²) in [5.74, 6) is -0.0425. The number of imidazole rings is 1. The number of halogens is 2. The van der Waals surface area contributed by atoms with Crippen LogP contribution in [0.2, 0.25) is 10.0 Å². The third-order valence-corrected chi connectivity index (χ3v) is 6.89. The third-order valence-electron chi connectivity index (χ3n) is 6.26. The largest absolute Gasteiger partial charge is 0.326 e. The molecule has 35 heavy (non-hydrogen) atoms. The highest BCUT2D eigenvalue weighted by Gasteiger charge is 2.37. The Labute approximate surface area is 210 Å². The molecule has 0 aliphatic heterocycles. The molecule has 0 N–H and O–H groups in total. The van der Waals surface area contributed by atoms with Crippen LogP contribution in [0, 0.1) is 0 Å². The Morgan fingerprint density at radius 3 is 1.97 bits per heavy atom. The average Bonchev–Trinajstić information content (AvgIpc) is 3.48. The Kier molecular flexibility index (Phi) is 4.99. The van der Waals surface area contributed by atoms with Crippen molar-refractivity contribution in [1.29, 1.82) is 0 Å². The van der Waals surface area contributed by atoms with Gasteiger partial charge in [-0.25, -0.2) is 4.98 Å². The number of benzene rings is 3. The number of aryl methyl sites for hydroxylation is 1. The Morgan fingerprint density at radius 1 is 0.800 bits per heavy atom. The zero-order valence-corrected chi connectivity index (χ0v) is 20.0. The summed E-state index contributed by atoms with van der Waals surface area (Å²) in [5.41, 5.74) is 4.43. The van der Waals surface area contributed by atoms with Gasteiger partial charge in [0.2, 0.25) is 0 Å². The molecule has 5 aromatic rings. The van der Waals surface area contributed by atoms with Crippen molar-refractivity contribution in [1.82, 2.24) is 14.1 Å². The van der Waals surface area contributed by atoms with E-state index < -0.39 is 11.6 Å². The number of Topliss-reactive ketones (excluding diaryl/α,β-unsaturated/α-hetero) is 2. The van der Waals surface area contributed by atoms with Gasteiger partial charge in [0.15, 0.2) is 17.2 Å². The summed E-state index contributed by atoms with van der Waals surface area (Å²) in [6.45, 7) is 0. The molecule has 1 aliphatic rings. The maximum atomic E-state index is 13.2. The normalized spacial score (nSPS) is 13.1. The van der Waals surface area contributed by atoms with Gasteiger partial charge in [-0.2, -0.15) is 0 Å². The van der Waals surface area contributed by atoms with Crippen molar-refractivity contribution in [2.24, 2.45) is 7.05 Å². The van der Waals surface area contributed by atoms with E-state index in [-0.39, 0.29) is 26.7 Å².